The maximum Gasteiger partial charge on any atom is 0.224 e. The third kappa shape index (κ3) is 5.83. The third-order valence-corrected chi connectivity index (χ3v) is 3.42. The highest BCUT2D eigenvalue weighted by Gasteiger charge is 2.22. The number of hydrogen-bond acceptors (Lipinski definition) is 4. The van der Waals surface area contributed by atoms with E-state index in [2.05, 4.69) is 0 Å². The molecule has 5 heteroatoms. The number of hydrogen-bond donors (Lipinski definition) is 1. The van der Waals surface area contributed by atoms with Crippen molar-refractivity contribution in [3.63, 3.8) is 0 Å². The van der Waals surface area contributed by atoms with Gasteiger partial charge in [0.1, 0.15) is 0 Å². The molecule has 5 nitrogen and oxygen atoms in total. The summed E-state index contributed by atoms with van der Waals surface area (Å²) in [6.07, 6.45) is 0.280. The van der Waals surface area contributed by atoms with Crippen molar-refractivity contribution < 1.29 is 14.3 Å². The minimum Gasteiger partial charge on any atom is -0.383 e. The van der Waals surface area contributed by atoms with E-state index in [1.807, 2.05) is 37.3 Å². The minimum atomic E-state index is -0.293. The number of amides is 1. The van der Waals surface area contributed by atoms with Gasteiger partial charge in [-0.1, -0.05) is 30.3 Å². The normalized spacial score (nSPS) is 13.7. The van der Waals surface area contributed by atoms with Gasteiger partial charge in [0.05, 0.1) is 19.3 Å². The molecular weight excluding hydrogens is 268 g/mol. The quantitative estimate of drug-likeness (QED) is 0.751. The largest absolute Gasteiger partial charge is 0.383 e. The lowest BCUT2D eigenvalue weighted by Gasteiger charge is -2.29. The molecule has 2 atom stereocenters. The van der Waals surface area contributed by atoms with Crippen molar-refractivity contribution in [2.75, 3.05) is 34.0 Å². The van der Waals surface area contributed by atoms with E-state index < -0.39 is 0 Å². The molecule has 0 fully saturated rings. The van der Waals surface area contributed by atoms with Crippen molar-refractivity contribution in [2.45, 2.75) is 25.4 Å². The number of nitrogens with zero attached hydrogens (tertiary/aromatic N) is 1. The van der Waals surface area contributed by atoms with Crippen LogP contribution in [-0.2, 0) is 14.3 Å². The first-order valence-corrected chi connectivity index (χ1v) is 7.18. The van der Waals surface area contributed by atoms with Gasteiger partial charge in [0.25, 0.3) is 0 Å². The number of methoxy groups -OCH3 is 2. The summed E-state index contributed by atoms with van der Waals surface area (Å²) in [7, 11) is 3.25. The van der Waals surface area contributed by atoms with E-state index in [4.69, 9.17) is 15.2 Å². The molecule has 0 aliphatic heterocycles. The van der Waals surface area contributed by atoms with Crippen LogP contribution in [0.3, 0.4) is 0 Å². The SMILES string of the molecule is COCCN(C(=O)CC(N)c1ccccc1)C(C)COC. The Labute approximate surface area is 127 Å². The summed E-state index contributed by atoms with van der Waals surface area (Å²) in [5, 5.41) is 0. The lowest BCUT2D eigenvalue weighted by molar-refractivity contribution is -0.135. The van der Waals surface area contributed by atoms with Crippen LogP contribution in [0.1, 0.15) is 24.9 Å². The Morgan fingerprint density at radius 1 is 1.24 bits per heavy atom. The second kappa shape index (κ2) is 9.50. The molecule has 0 bridgehead atoms. The highest BCUT2D eigenvalue weighted by atomic mass is 16.5. The van der Waals surface area contributed by atoms with Crippen LogP contribution >= 0.6 is 0 Å². The molecule has 0 radical (unpaired) electrons. The van der Waals surface area contributed by atoms with Crippen LogP contribution in [0.4, 0.5) is 0 Å². The van der Waals surface area contributed by atoms with Crippen LogP contribution in [0.2, 0.25) is 0 Å². The summed E-state index contributed by atoms with van der Waals surface area (Å²) in [6.45, 7) is 3.50. The molecule has 0 heterocycles. The number of carbonyl (C=O) groups is 1. The highest BCUT2D eigenvalue weighted by Crippen LogP contribution is 2.16. The molecule has 0 aromatic heterocycles. The Bertz CT molecular complexity index is 411. The lowest BCUT2D eigenvalue weighted by Crippen LogP contribution is -2.43. The summed E-state index contributed by atoms with van der Waals surface area (Å²) < 4.78 is 10.2. The lowest BCUT2D eigenvalue weighted by atomic mass is 10.0. The summed E-state index contributed by atoms with van der Waals surface area (Å²) >= 11 is 0. The molecule has 1 aromatic rings. The maximum atomic E-state index is 12.5. The van der Waals surface area contributed by atoms with E-state index in [9.17, 15) is 4.79 Å². The summed E-state index contributed by atoms with van der Waals surface area (Å²) in [4.78, 5) is 14.3. The second-order valence-electron chi connectivity index (χ2n) is 5.11. The van der Waals surface area contributed by atoms with E-state index in [0.717, 1.165) is 5.56 Å². The van der Waals surface area contributed by atoms with Crippen molar-refractivity contribution in [3.8, 4) is 0 Å². The fraction of sp³-hybridized carbons (Fsp3) is 0.562. The Morgan fingerprint density at radius 2 is 1.90 bits per heavy atom. The van der Waals surface area contributed by atoms with Crippen molar-refractivity contribution in [2.24, 2.45) is 5.73 Å². The van der Waals surface area contributed by atoms with E-state index in [-0.39, 0.29) is 24.4 Å². The summed E-state index contributed by atoms with van der Waals surface area (Å²) in [6, 6.07) is 9.38. The van der Waals surface area contributed by atoms with Gasteiger partial charge in [0.2, 0.25) is 5.91 Å². The highest BCUT2D eigenvalue weighted by molar-refractivity contribution is 5.77. The fourth-order valence-corrected chi connectivity index (χ4v) is 2.24. The van der Waals surface area contributed by atoms with E-state index in [1.54, 1.807) is 19.1 Å². The van der Waals surface area contributed by atoms with Gasteiger partial charge in [-0.3, -0.25) is 4.79 Å². The zero-order valence-electron chi connectivity index (χ0n) is 13.1. The standard InChI is InChI=1S/C16H26N2O3/c1-13(12-21-3)18(9-10-20-2)16(19)11-15(17)14-7-5-4-6-8-14/h4-8,13,15H,9-12,17H2,1-3H3. The molecule has 2 N–H and O–H groups in total. The van der Waals surface area contributed by atoms with Crippen molar-refractivity contribution >= 4 is 5.91 Å². The van der Waals surface area contributed by atoms with E-state index in [1.165, 1.54) is 0 Å². The Balaban J connectivity index is 2.66. The molecular formula is C16H26N2O3. The zero-order valence-corrected chi connectivity index (χ0v) is 13.1. The van der Waals surface area contributed by atoms with Crippen LogP contribution in [0.25, 0.3) is 0 Å². The second-order valence-corrected chi connectivity index (χ2v) is 5.11. The van der Waals surface area contributed by atoms with Gasteiger partial charge in [0, 0.05) is 33.2 Å². The van der Waals surface area contributed by atoms with Gasteiger partial charge >= 0.3 is 0 Å². The molecule has 1 aromatic carbocycles. The smallest absolute Gasteiger partial charge is 0.224 e. The average molecular weight is 294 g/mol. The average Bonchev–Trinajstić information content (AvgIpc) is 2.48. The molecule has 0 aliphatic rings. The summed E-state index contributed by atoms with van der Waals surface area (Å²) in [5.74, 6) is 0.0213. The predicted molar refractivity (Wildman–Crippen MR) is 82.9 cm³/mol. The van der Waals surface area contributed by atoms with Gasteiger partial charge in [-0.25, -0.2) is 0 Å². The van der Waals surface area contributed by atoms with Crippen molar-refractivity contribution in [3.05, 3.63) is 35.9 Å². The minimum absolute atomic E-state index is 0.000577. The molecule has 1 rings (SSSR count). The number of benzene rings is 1. The summed E-state index contributed by atoms with van der Waals surface area (Å²) in [5.41, 5.74) is 7.10. The molecule has 0 saturated carbocycles. The van der Waals surface area contributed by atoms with Crippen LogP contribution in [0.15, 0.2) is 30.3 Å². The Hall–Kier alpha value is -1.43. The van der Waals surface area contributed by atoms with Gasteiger partial charge < -0.3 is 20.1 Å². The number of rotatable bonds is 9. The predicted octanol–water partition coefficient (Wildman–Crippen LogP) is 1.59. The first-order valence-electron chi connectivity index (χ1n) is 7.18. The molecule has 0 spiro atoms. The van der Waals surface area contributed by atoms with Crippen molar-refractivity contribution in [1.82, 2.24) is 4.90 Å². The Kier molecular flexibility index (Phi) is 7.97. The van der Waals surface area contributed by atoms with Crippen LogP contribution in [-0.4, -0.2) is 50.8 Å². The first-order chi connectivity index (χ1) is 10.1. The molecule has 21 heavy (non-hydrogen) atoms. The molecule has 0 aliphatic carbocycles. The van der Waals surface area contributed by atoms with Gasteiger partial charge in [0.15, 0.2) is 0 Å². The van der Waals surface area contributed by atoms with Crippen LogP contribution in [0, 0.1) is 0 Å². The topological polar surface area (TPSA) is 64.8 Å². The number of carbonyl (C=O) groups excluding carboxylic acids is 1. The molecule has 118 valence electrons. The van der Waals surface area contributed by atoms with Gasteiger partial charge in [-0.2, -0.15) is 0 Å². The molecule has 1 amide bonds. The monoisotopic (exact) mass is 294 g/mol. The first kappa shape index (κ1) is 17.6. The number of ether oxygens (including phenoxy) is 2. The van der Waals surface area contributed by atoms with E-state index in [0.29, 0.717) is 19.8 Å². The van der Waals surface area contributed by atoms with Gasteiger partial charge in [-0.05, 0) is 12.5 Å². The maximum absolute atomic E-state index is 12.5. The van der Waals surface area contributed by atoms with Gasteiger partial charge in [-0.15, -0.1) is 0 Å². The molecule has 0 saturated heterocycles. The van der Waals surface area contributed by atoms with Crippen LogP contribution < -0.4 is 5.73 Å². The van der Waals surface area contributed by atoms with Crippen molar-refractivity contribution in [1.29, 1.82) is 0 Å². The Morgan fingerprint density at radius 3 is 2.48 bits per heavy atom. The molecule has 2 unspecified atom stereocenters. The van der Waals surface area contributed by atoms with Crippen LogP contribution in [0.5, 0.6) is 0 Å². The van der Waals surface area contributed by atoms with E-state index >= 15 is 0 Å². The fourth-order valence-electron chi connectivity index (χ4n) is 2.24. The third-order valence-electron chi connectivity index (χ3n) is 3.42. The number of nitrogens with two attached hydrogens (primary N) is 1. The zero-order chi connectivity index (χ0) is 15.7.